The van der Waals surface area contributed by atoms with E-state index in [4.69, 9.17) is 11.5 Å². The van der Waals surface area contributed by atoms with Gasteiger partial charge in [0.2, 0.25) is 5.91 Å². The predicted octanol–water partition coefficient (Wildman–Crippen LogP) is 5.49. The molecule has 6 N–H and O–H groups in total. The predicted molar refractivity (Wildman–Crippen MR) is 174 cm³/mol. The van der Waals surface area contributed by atoms with Gasteiger partial charge in [0.15, 0.2) is 0 Å². The summed E-state index contributed by atoms with van der Waals surface area (Å²) in [4.78, 5) is 28.5. The Morgan fingerprint density at radius 2 is 1.84 bits per heavy atom. The Kier molecular flexibility index (Phi) is 13.5. The van der Waals surface area contributed by atoms with E-state index in [0.29, 0.717) is 30.9 Å². The maximum Gasteiger partial charge on any atom is 0.405 e. The van der Waals surface area contributed by atoms with E-state index in [1.807, 2.05) is 18.2 Å². The highest BCUT2D eigenvalue weighted by Gasteiger charge is 2.54. The topological polar surface area (TPSA) is 113 Å². The molecule has 0 saturated carbocycles. The van der Waals surface area contributed by atoms with E-state index in [1.165, 1.54) is 18.0 Å². The van der Waals surface area contributed by atoms with Gasteiger partial charge in [-0.1, -0.05) is 74.4 Å². The molecular weight excluding hydrogens is 579 g/mol. The molecule has 3 atom stereocenters. The summed E-state index contributed by atoms with van der Waals surface area (Å²) < 4.78 is 39.5. The molecule has 0 radical (unpaired) electrons. The molecule has 3 aliphatic rings. The lowest BCUT2D eigenvalue weighted by molar-refractivity contribution is -0.142. The number of unbranched alkanes of at least 4 members (excludes halogenated alkanes) is 1. The standard InChI is InChI=1S/C35H48F3N5O2/c1-3-43(22-12-20-41-32(44)27(24-40)13-6-4-5-10-19-39)21-11-9-18-34(33(45)42-25-35(36,37)38)30-15-8-7-14-28(30)29-23-26(2)16-17-31(29)34/h4-8,10,13,15-17,19,24,26,28H,3,9,11-12,14,18,20-23,25,39-40H2,1-2H3,(H,41,44)(H,42,45)/b5-4-,13-6+,19-10+,27-24+. The fraction of sp³-hybridized carbons (Fsp3) is 0.486. The van der Waals surface area contributed by atoms with Crippen molar-refractivity contribution >= 4 is 11.8 Å². The molecule has 0 heterocycles. The molecule has 3 aliphatic carbocycles. The minimum atomic E-state index is -4.48. The minimum Gasteiger partial charge on any atom is -0.405 e. The van der Waals surface area contributed by atoms with Crippen molar-refractivity contribution < 1.29 is 22.8 Å². The van der Waals surface area contributed by atoms with Crippen molar-refractivity contribution in [1.29, 1.82) is 0 Å². The van der Waals surface area contributed by atoms with E-state index >= 15 is 0 Å². The number of nitrogens with one attached hydrogen (secondary N) is 2. The Morgan fingerprint density at radius 3 is 2.56 bits per heavy atom. The maximum absolute atomic E-state index is 13.8. The number of hydrogen-bond donors (Lipinski definition) is 4. The van der Waals surface area contributed by atoms with Gasteiger partial charge < -0.3 is 27.0 Å². The molecular formula is C35H48F3N5O2. The molecule has 246 valence electrons. The van der Waals surface area contributed by atoms with Crippen LogP contribution in [-0.2, 0) is 9.59 Å². The quantitative estimate of drug-likeness (QED) is 0.103. The van der Waals surface area contributed by atoms with Crippen LogP contribution in [0.3, 0.4) is 0 Å². The molecule has 7 nitrogen and oxygen atoms in total. The number of halogens is 3. The summed E-state index contributed by atoms with van der Waals surface area (Å²) in [6.45, 7) is 5.72. The summed E-state index contributed by atoms with van der Waals surface area (Å²) in [7, 11) is 0. The fourth-order valence-corrected chi connectivity index (χ4v) is 6.49. The van der Waals surface area contributed by atoms with Crippen LogP contribution in [0, 0.1) is 17.3 Å². The molecule has 10 heteroatoms. The molecule has 45 heavy (non-hydrogen) atoms. The number of allylic oxidation sites excluding steroid dienone is 10. The van der Waals surface area contributed by atoms with Crippen molar-refractivity contribution in [3.05, 3.63) is 95.5 Å². The van der Waals surface area contributed by atoms with Gasteiger partial charge in [-0.2, -0.15) is 13.2 Å². The van der Waals surface area contributed by atoms with Crippen molar-refractivity contribution in [1.82, 2.24) is 15.5 Å². The lowest BCUT2D eigenvalue weighted by Crippen LogP contribution is -2.46. The average molecular weight is 628 g/mol. The third-order valence-electron chi connectivity index (χ3n) is 8.67. The average Bonchev–Trinajstić information content (AvgIpc) is 3.30. The lowest BCUT2D eigenvalue weighted by atomic mass is 9.69. The van der Waals surface area contributed by atoms with Crippen LogP contribution in [0.5, 0.6) is 0 Å². The van der Waals surface area contributed by atoms with Crippen LogP contribution in [0.1, 0.15) is 52.4 Å². The van der Waals surface area contributed by atoms with Gasteiger partial charge in [0, 0.05) is 18.7 Å². The summed E-state index contributed by atoms with van der Waals surface area (Å²) in [5, 5.41) is 5.14. The molecule has 2 amide bonds. The van der Waals surface area contributed by atoms with Crippen LogP contribution in [0.2, 0.25) is 0 Å². The Morgan fingerprint density at radius 1 is 1.09 bits per heavy atom. The molecule has 0 spiro atoms. The lowest BCUT2D eigenvalue weighted by Gasteiger charge is -2.35. The molecule has 0 saturated heterocycles. The van der Waals surface area contributed by atoms with Crippen molar-refractivity contribution in [2.24, 2.45) is 28.7 Å². The number of alkyl halides is 3. The third-order valence-corrected chi connectivity index (χ3v) is 8.67. The SMILES string of the molecule is CCN(CCCCC1(C(=O)NCC(F)(F)F)C2=CC=CCC2C2=C1C=CC(C)C2)CCCNC(=O)C(/C=C/C=C\C=C\N)=C/N. The van der Waals surface area contributed by atoms with Gasteiger partial charge in [0.05, 0.1) is 11.0 Å². The fourth-order valence-electron chi connectivity index (χ4n) is 6.49. The van der Waals surface area contributed by atoms with Crippen LogP contribution < -0.4 is 22.1 Å². The van der Waals surface area contributed by atoms with Gasteiger partial charge in [-0.05, 0) is 87.2 Å². The number of rotatable bonds is 16. The number of carbonyl (C=O) groups excluding carboxylic acids is 2. The largest absolute Gasteiger partial charge is 0.405 e. The number of hydrogen-bond acceptors (Lipinski definition) is 5. The zero-order valence-corrected chi connectivity index (χ0v) is 26.4. The number of fused-ring (bicyclic) bond motifs is 2. The second kappa shape index (κ2) is 17.1. The van der Waals surface area contributed by atoms with Crippen LogP contribution in [0.4, 0.5) is 13.2 Å². The highest BCUT2D eigenvalue weighted by Crippen LogP contribution is 2.58. The first kappa shape index (κ1) is 35.7. The van der Waals surface area contributed by atoms with Crippen LogP contribution in [-0.4, -0.2) is 55.6 Å². The van der Waals surface area contributed by atoms with Crippen molar-refractivity contribution in [2.75, 3.05) is 32.7 Å². The zero-order valence-electron chi connectivity index (χ0n) is 26.4. The third kappa shape index (κ3) is 9.60. The molecule has 0 bridgehead atoms. The van der Waals surface area contributed by atoms with Crippen molar-refractivity contribution in [2.45, 2.75) is 58.5 Å². The van der Waals surface area contributed by atoms with E-state index < -0.39 is 24.0 Å². The summed E-state index contributed by atoms with van der Waals surface area (Å²) >= 11 is 0. The molecule has 3 rings (SSSR count). The maximum atomic E-state index is 13.8. The van der Waals surface area contributed by atoms with Crippen molar-refractivity contribution in [3.63, 3.8) is 0 Å². The van der Waals surface area contributed by atoms with Crippen LogP contribution in [0.25, 0.3) is 0 Å². The normalized spacial score (nSPS) is 23.3. The summed E-state index contributed by atoms with van der Waals surface area (Å²) in [6, 6.07) is 0. The van der Waals surface area contributed by atoms with Gasteiger partial charge in [0.25, 0.3) is 5.91 Å². The first-order valence-corrected chi connectivity index (χ1v) is 15.8. The number of carbonyl (C=O) groups is 2. The Bertz CT molecular complexity index is 1290. The Hall–Kier alpha value is -3.79. The number of nitrogens with two attached hydrogens (primary N) is 2. The molecule has 0 aromatic carbocycles. The number of nitrogens with zero attached hydrogens (tertiary/aromatic N) is 1. The van der Waals surface area contributed by atoms with Gasteiger partial charge in [0.1, 0.15) is 6.54 Å². The second-order valence-electron chi connectivity index (χ2n) is 11.8. The highest BCUT2D eigenvalue weighted by molar-refractivity contribution is 5.96. The summed E-state index contributed by atoms with van der Waals surface area (Å²) in [5.74, 6) is -0.423. The smallest absolute Gasteiger partial charge is 0.405 e. The summed E-state index contributed by atoms with van der Waals surface area (Å²) in [5.41, 5.74) is 13.2. The Balaban J connectivity index is 1.59. The van der Waals surface area contributed by atoms with E-state index in [0.717, 1.165) is 56.5 Å². The highest BCUT2D eigenvalue weighted by atomic mass is 19.4. The van der Waals surface area contributed by atoms with Crippen LogP contribution >= 0.6 is 0 Å². The minimum absolute atomic E-state index is 0.0614. The van der Waals surface area contributed by atoms with Gasteiger partial charge in [-0.25, -0.2) is 0 Å². The van der Waals surface area contributed by atoms with E-state index in [2.05, 4.69) is 41.5 Å². The summed E-state index contributed by atoms with van der Waals surface area (Å²) in [6.07, 6.45) is 21.0. The van der Waals surface area contributed by atoms with E-state index in [9.17, 15) is 22.8 Å². The van der Waals surface area contributed by atoms with Crippen molar-refractivity contribution in [3.8, 4) is 0 Å². The molecule has 0 aromatic rings. The second-order valence-corrected chi connectivity index (χ2v) is 11.8. The molecule has 0 aromatic heterocycles. The molecule has 0 fully saturated rings. The number of amides is 2. The van der Waals surface area contributed by atoms with E-state index in [1.54, 1.807) is 30.4 Å². The van der Waals surface area contributed by atoms with Crippen LogP contribution in [0.15, 0.2) is 95.5 Å². The first-order valence-electron chi connectivity index (χ1n) is 15.8. The van der Waals surface area contributed by atoms with E-state index in [-0.39, 0.29) is 11.8 Å². The zero-order chi connectivity index (χ0) is 32.9. The Labute approximate surface area is 265 Å². The monoisotopic (exact) mass is 627 g/mol. The molecule has 0 aliphatic heterocycles. The van der Waals surface area contributed by atoms with Gasteiger partial charge in [-0.3, -0.25) is 9.59 Å². The first-order chi connectivity index (χ1) is 21.6. The van der Waals surface area contributed by atoms with Gasteiger partial charge >= 0.3 is 6.18 Å². The molecule has 3 unspecified atom stereocenters. The van der Waals surface area contributed by atoms with Gasteiger partial charge in [-0.15, -0.1) is 0 Å².